The van der Waals surface area contributed by atoms with Gasteiger partial charge in [0.1, 0.15) is 17.7 Å². The SMILES string of the molecule is Nc1ncc(-c2ccc(S(=O)(=O)Nc3cccc(NC(=O)CCCCNC(=O)CNc4cccc5c4C(=O)N(C4CCC(=O)NC4=O)C5)c3)cc2F)cc1-c1ccc2c(c1)CCNC2=O. The molecule has 0 aliphatic carbocycles. The summed E-state index contributed by atoms with van der Waals surface area (Å²) in [6.07, 6.45) is 3.48. The van der Waals surface area contributed by atoms with Crippen LogP contribution in [0.3, 0.4) is 0 Å². The zero-order valence-corrected chi connectivity index (χ0v) is 35.6. The van der Waals surface area contributed by atoms with Crippen LogP contribution in [-0.2, 0) is 42.2 Å². The lowest BCUT2D eigenvalue weighted by molar-refractivity contribution is -0.137. The molecule has 19 heteroatoms. The first-order valence-electron chi connectivity index (χ1n) is 20.9. The van der Waals surface area contributed by atoms with Crippen LogP contribution in [0.5, 0.6) is 0 Å². The Labute approximate surface area is 372 Å². The van der Waals surface area contributed by atoms with Gasteiger partial charge in [0, 0.05) is 72.3 Å². The van der Waals surface area contributed by atoms with E-state index in [9.17, 15) is 37.2 Å². The number of aromatic nitrogens is 1. The van der Waals surface area contributed by atoms with E-state index in [0.29, 0.717) is 70.6 Å². The number of nitrogens with zero attached hydrogens (tertiary/aromatic N) is 2. The van der Waals surface area contributed by atoms with Gasteiger partial charge in [-0.2, -0.15) is 0 Å². The molecule has 0 bridgehead atoms. The van der Waals surface area contributed by atoms with Crippen molar-refractivity contribution in [3.63, 3.8) is 0 Å². The van der Waals surface area contributed by atoms with Crippen molar-refractivity contribution < 1.29 is 41.6 Å². The highest BCUT2D eigenvalue weighted by Gasteiger charge is 2.40. The molecular formula is C46H44FN9O8S. The van der Waals surface area contributed by atoms with Crippen LogP contribution in [0.4, 0.5) is 27.3 Å². The fourth-order valence-electron chi connectivity index (χ4n) is 8.08. The highest BCUT2D eigenvalue weighted by Crippen LogP contribution is 2.35. The predicted octanol–water partition coefficient (Wildman–Crippen LogP) is 4.32. The van der Waals surface area contributed by atoms with E-state index < -0.39 is 27.8 Å². The van der Waals surface area contributed by atoms with Crippen LogP contribution in [0.2, 0.25) is 0 Å². The lowest BCUT2D eigenvalue weighted by atomic mass is 9.94. The van der Waals surface area contributed by atoms with Crippen molar-refractivity contribution in [2.75, 3.05) is 40.7 Å². The van der Waals surface area contributed by atoms with Crippen LogP contribution in [0, 0.1) is 5.82 Å². The number of piperidine rings is 1. The van der Waals surface area contributed by atoms with Gasteiger partial charge >= 0.3 is 0 Å². The van der Waals surface area contributed by atoms with Crippen molar-refractivity contribution in [3.05, 3.63) is 119 Å². The Morgan fingerprint density at radius 2 is 1.65 bits per heavy atom. The van der Waals surface area contributed by atoms with Crippen LogP contribution >= 0.6 is 0 Å². The number of imide groups is 1. The van der Waals surface area contributed by atoms with Crippen molar-refractivity contribution in [1.29, 1.82) is 0 Å². The molecule has 17 nitrogen and oxygen atoms in total. The molecule has 3 aliphatic rings. The first-order chi connectivity index (χ1) is 31.2. The van der Waals surface area contributed by atoms with Gasteiger partial charge in [0.2, 0.25) is 23.6 Å². The second-order valence-electron chi connectivity index (χ2n) is 15.8. The van der Waals surface area contributed by atoms with Gasteiger partial charge in [-0.15, -0.1) is 0 Å². The maximum absolute atomic E-state index is 15.6. The van der Waals surface area contributed by atoms with Crippen LogP contribution in [0.1, 0.15) is 63.9 Å². The van der Waals surface area contributed by atoms with E-state index in [1.807, 2.05) is 6.07 Å². The lowest BCUT2D eigenvalue weighted by Gasteiger charge is -2.29. The second-order valence-corrected chi connectivity index (χ2v) is 17.5. The summed E-state index contributed by atoms with van der Waals surface area (Å²) in [4.78, 5) is 80.3. The monoisotopic (exact) mass is 901 g/mol. The molecule has 1 saturated heterocycles. The minimum Gasteiger partial charge on any atom is -0.383 e. The van der Waals surface area contributed by atoms with E-state index in [2.05, 4.69) is 36.3 Å². The average Bonchev–Trinajstić information content (AvgIpc) is 3.61. The quantitative estimate of drug-likeness (QED) is 0.0576. The number of anilines is 4. The summed E-state index contributed by atoms with van der Waals surface area (Å²) >= 11 is 0. The van der Waals surface area contributed by atoms with Crippen LogP contribution < -0.4 is 37.0 Å². The molecule has 8 N–H and O–H groups in total. The minimum absolute atomic E-state index is 0.103. The molecule has 5 aromatic rings. The van der Waals surface area contributed by atoms with Crippen molar-refractivity contribution in [3.8, 4) is 22.3 Å². The molecule has 1 unspecified atom stereocenters. The largest absolute Gasteiger partial charge is 0.383 e. The van der Waals surface area contributed by atoms with Crippen molar-refractivity contribution in [2.45, 2.75) is 56.0 Å². The van der Waals surface area contributed by atoms with E-state index in [1.54, 1.807) is 48.5 Å². The van der Waals surface area contributed by atoms with Gasteiger partial charge in [-0.1, -0.05) is 36.4 Å². The Morgan fingerprint density at radius 1 is 0.846 bits per heavy atom. The van der Waals surface area contributed by atoms with Crippen LogP contribution in [-0.4, -0.2) is 79.4 Å². The van der Waals surface area contributed by atoms with Gasteiger partial charge < -0.3 is 31.9 Å². The molecule has 3 aliphatic heterocycles. The van der Waals surface area contributed by atoms with E-state index in [0.717, 1.165) is 11.6 Å². The number of unbranched alkanes of at least 4 members (excludes halogenated alkanes) is 1. The van der Waals surface area contributed by atoms with Gasteiger partial charge in [-0.25, -0.2) is 17.8 Å². The summed E-state index contributed by atoms with van der Waals surface area (Å²) in [5.41, 5.74) is 11.4. The molecule has 65 heavy (non-hydrogen) atoms. The molecule has 0 spiro atoms. The molecule has 1 aromatic heterocycles. The summed E-state index contributed by atoms with van der Waals surface area (Å²) in [7, 11) is -4.26. The Morgan fingerprint density at radius 3 is 2.46 bits per heavy atom. The molecule has 0 radical (unpaired) electrons. The summed E-state index contributed by atoms with van der Waals surface area (Å²) in [6, 6.07) is 21.1. The first kappa shape index (κ1) is 44.0. The number of nitrogens with one attached hydrogen (secondary N) is 6. The highest BCUT2D eigenvalue weighted by atomic mass is 32.2. The molecule has 8 rings (SSSR count). The molecule has 1 fully saturated rings. The third kappa shape index (κ3) is 9.79. The van der Waals surface area contributed by atoms with Gasteiger partial charge in [-0.3, -0.25) is 38.8 Å². The fraction of sp³-hybridized carbons (Fsp3) is 0.239. The average molecular weight is 902 g/mol. The number of hydrogen-bond donors (Lipinski definition) is 7. The third-order valence-electron chi connectivity index (χ3n) is 11.4. The van der Waals surface area contributed by atoms with Crippen molar-refractivity contribution in [1.82, 2.24) is 25.8 Å². The number of fused-ring (bicyclic) bond motifs is 2. The molecule has 6 amide bonds. The smallest absolute Gasteiger partial charge is 0.261 e. The summed E-state index contributed by atoms with van der Waals surface area (Å²) in [5, 5.41) is 13.6. The summed E-state index contributed by atoms with van der Waals surface area (Å²) in [5.74, 6) is -2.63. The molecule has 1 atom stereocenters. The number of benzene rings is 4. The van der Waals surface area contributed by atoms with E-state index in [1.165, 1.54) is 35.4 Å². The van der Waals surface area contributed by atoms with Crippen molar-refractivity contribution in [2.24, 2.45) is 0 Å². The van der Waals surface area contributed by atoms with E-state index in [4.69, 9.17) is 5.73 Å². The second kappa shape index (κ2) is 18.6. The zero-order valence-electron chi connectivity index (χ0n) is 34.8. The maximum Gasteiger partial charge on any atom is 0.261 e. The fourth-order valence-corrected chi connectivity index (χ4v) is 9.14. The number of pyridine rings is 1. The standard InChI is InChI=1S/C46H44FN9O8S/c47-36-22-32(11-13-33(36)29-20-35(43(48)52-23-29)26-10-12-34-27(19-26)16-18-50-44(34)60)65(63,64)55-31-7-4-6-30(21-31)53-39(57)9-1-2-17-49-41(59)24-51-37-8-3-5-28-25-56(46(62)42(28)37)38-14-15-40(58)54-45(38)61/h3-8,10-13,19-23,38,51,55H,1-2,9,14-18,24-25H2,(H2,48,52)(H,49,59)(H,50,60)(H,53,57)(H,54,58,61). The Bertz CT molecular complexity index is 2890. The molecule has 0 saturated carbocycles. The Balaban J connectivity index is 0.794. The number of sulfonamides is 1. The van der Waals surface area contributed by atoms with E-state index in [-0.39, 0.29) is 90.4 Å². The molecule has 4 heterocycles. The Hall–Kier alpha value is -7.67. The number of halogens is 1. The van der Waals surface area contributed by atoms with Crippen LogP contribution in [0.15, 0.2) is 96.0 Å². The summed E-state index contributed by atoms with van der Waals surface area (Å²) < 4.78 is 44.8. The number of nitrogen functional groups attached to an aromatic ring is 1. The number of nitrogens with two attached hydrogens (primary N) is 1. The number of carbonyl (C=O) groups is 6. The molecule has 334 valence electrons. The number of rotatable bonds is 15. The maximum atomic E-state index is 15.6. The van der Waals surface area contributed by atoms with Gasteiger partial charge in [-0.05, 0) is 90.9 Å². The van der Waals surface area contributed by atoms with Gasteiger partial charge in [0.25, 0.3) is 21.8 Å². The van der Waals surface area contributed by atoms with Crippen LogP contribution in [0.25, 0.3) is 22.3 Å². The predicted molar refractivity (Wildman–Crippen MR) is 239 cm³/mol. The minimum atomic E-state index is -4.26. The molecular weight excluding hydrogens is 858 g/mol. The number of hydrogen-bond acceptors (Lipinski definition) is 11. The normalized spacial score (nSPS) is 15.6. The highest BCUT2D eigenvalue weighted by molar-refractivity contribution is 7.92. The van der Waals surface area contributed by atoms with Gasteiger partial charge in [0.05, 0.1) is 22.7 Å². The van der Waals surface area contributed by atoms with Crippen molar-refractivity contribution >= 4 is 68.3 Å². The number of amides is 6. The van der Waals surface area contributed by atoms with E-state index >= 15 is 4.39 Å². The topological polar surface area (TPSA) is 251 Å². The van der Waals surface area contributed by atoms with Gasteiger partial charge in [0.15, 0.2) is 0 Å². The first-order valence-corrected chi connectivity index (χ1v) is 22.4. The number of carbonyl (C=O) groups excluding carboxylic acids is 6. The zero-order chi connectivity index (χ0) is 45.8. The summed E-state index contributed by atoms with van der Waals surface area (Å²) in [6.45, 7) is 0.898. The lowest BCUT2D eigenvalue weighted by Crippen LogP contribution is -2.52. The third-order valence-corrected chi connectivity index (χ3v) is 12.7. The Kier molecular flexibility index (Phi) is 12.6. The molecule has 4 aromatic carbocycles.